The molecule has 1 heterocycles. The Hall–Kier alpha value is -0.830. The highest BCUT2D eigenvalue weighted by Gasteiger charge is 2.28. The highest BCUT2D eigenvalue weighted by atomic mass is 127. The fourth-order valence-corrected chi connectivity index (χ4v) is 5.17. The summed E-state index contributed by atoms with van der Waals surface area (Å²) in [7, 11) is 1.80. The molecule has 0 radical (unpaired) electrons. The van der Waals surface area contributed by atoms with Crippen molar-refractivity contribution in [1.82, 2.24) is 16.5 Å². The molecule has 31 heavy (non-hydrogen) atoms. The van der Waals surface area contributed by atoms with Crippen molar-refractivity contribution in [2.45, 2.75) is 51.4 Å². The van der Waals surface area contributed by atoms with Crippen LogP contribution in [-0.2, 0) is 11.3 Å². The van der Waals surface area contributed by atoms with Gasteiger partial charge in [-0.15, -0.1) is 11.3 Å². The lowest BCUT2D eigenvalue weighted by Crippen LogP contribution is -2.38. The smallest absolute Gasteiger partial charge is 0.254 e. The zero-order valence-corrected chi connectivity index (χ0v) is 22.7. The molecule has 1 saturated carbocycles. The summed E-state index contributed by atoms with van der Waals surface area (Å²) in [4.78, 5) is 20.0. The summed E-state index contributed by atoms with van der Waals surface area (Å²) >= 11 is 5.93. The summed E-state index contributed by atoms with van der Waals surface area (Å²) in [6.45, 7) is 3.12. The molecule has 1 aromatic heterocycles. The minimum atomic E-state index is -0.316. The second kappa shape index (κ2) is 11.9. The molecule has 1 amide bonds. The van der Waals surface area contributed by atoms with Crippen LogP contribution in [0.25, 0.3) is 0 Å². The third-order valence-electron chi connectivity index (χ3n) is 5.26. The molecule has 10 heteroatoms. The van der Waals surface area contributed by atoms with Crippen LogP contribution >= 0.6 is 57.1 Å². The van der Waals surface area contributed by atoms with E-state index in [1.807, 2.05) is 36.7 Å². The molecule has 7 nitrogen and oxygen atoms in total. The Morgan fingerprint density at radius 1 is 1.35 bits per heavy atom. The largest absolute Gasteiger partial charge is 0.457 e. The summed E-state index contributed by atoms with van der Waals surface area (Å²) in [5.74, 6) is 0.0388. The van der Waals surface area contributed by atoms with Gasteiger partial charge in [-0.05, 0) is 45.0 Å². The molecule has 1 unspecified atom stereocenters. The van der Waals surface area contributed by atoms with Gasteiger partial charge in [0.15, 0.2) is 6.23 Å². The molecule has 0 aliphatic heterocycles. The van der Waals surface area contributed by atoms with E-state index >= 15 is 0 Å². The molecule has 1 atom stereocenters. The maximum atomic E-state index is 13.5. The maximum Gasteiger partial charge on any atom is 0.254 e. The number of nitrogens with zero attached hydrogens (tertiary/aromatic N) is 3. The minimum Gasteiger partial charge on any atom is -0.457 e. The number of carbonyl (C=O) groups is 1. The van der Waals surface area contributed by atoms with Gasteiger partial charge in [0.1, 0.15) is 5.01 Å². The predicted molar refractivity (Wildman–Crippen MR) is 141 cm³/mol. The second-order valence-corrected chi connectivity index (χ2v) is 12.7. The molecule has 1 fully saturated rings. The molecular formula is C21H27I2N5O2S. The first-order chi connectivity index (χ1) is 14.9. The van der Waals surface area contributed by atoms with E-state index in [0.717, 1.165) is 36.4 Å². The van der Waals surface area contributed by atoms with Gasteiger partial charge in [-0.25, -0.2) is 4.98 Å². The first-order valence-electron chi connectivity index (χ1n) is 10.2. The molecule has 1 aromatic carbocycles. The molecule has 0 spiro atoms. The van der Waals surface area contributed by atoms with Crippen LogP contribution < -0.4 is 5.32 Å². The fraction of sp³-hybridized carbons (Fsp3) is 0.476. The van der Waals surface area contributed by atoms with Crippen LogP contribution in [-0.4, -0.2) is 48.9 Å². The highest BCUT2D eigenvalue weighted by molar-refractivity contribution is 14.2. The van der Waals surface area contributed by atoms with Crippen LogP contribution in [0.1, 0.15) is 52.3 Å². The summed E-state index contributed by atoms with van der Waals surface area (Å²) < 4.78 is 7.71. The average molecular weight is 667 g/mol. The molecule has 2 N–H and O–H groups in total. The third-order valence-corrected chi connectivity index (χ3v) is 7.00. The maximum absolute atomic E-state index is 13.5. The Bertz CT molecular complexity index is 901. The van der Waals surface area contributed by atoms with Crippen LogP contribution in [0.3, 0.4) is 0 Å². The van der Waals surface area contributed by atoms with Gasteiger partial charge in [0.25, 0.3) is 5.91 Å². The van der Waals surface area contributed by atoms with Crippen LogP contribution in [0, 0.1) is 12.3 Å². The summed E-state index contributed by atoms with van der Waals surface area (Å²) in [6, 6.07) is 7.45. The number of thiazole rings is 1. The Balaban J connectivity index is 1.77. The Kier molecular flexibility index (Phi) is 9.49. The number of likely N-dealkylation sites (N-methyl/N-ethyl adjacent to an activating group) is 1. The van der Waals surface area contributed by atoms with Crippen LogP contribution in [0.5, 0.6) is 0 Å². The van der Waals surface area contributed by atoms with Crippen molar-refractivity contribution in [2.75, 3.05) is 13.6 Å². The Labute approximate surface area is 215 Å². The van der Waals surface area contributed by atoms with Crippen molar-refractivity contribution in [3.63, 3.8) is 0 Å². The first kappa shape index (κ1) is 24.8. The van der Waals surface area contributed by atoms with Crippen molar-refractivity contribution in [3.8, 4) is 0 Å². The van der Waals surface area contributed by atoms with Crippen molar-refractivity contribution >= 4 is 68.9 Å². The number of hydrogen-bond donors (Lipinski definition) is 2. The van der Waals surface area contributed by atoms with Gasteiger partial charge < -0.3 is 9.64 Å². The van der Waals surface area contributed by atoms with Gasteiger partial charge in [-0.1, -0.05) is 18.9 Å². The number of aromatic nitrogens is 1. The quantitative estimate of drug-likeness (QED) is 0.131. The summed E-state index contributed by atoms with van der Waals surface area (Å²) in [5, 5.41) is 14.4. The van der Waals surface area contributed by atoms with Crippen molar-refractivity contribution in [1.29, 1.82) is 5.41 Å². The minimum absolute atomic E-state index is 0.00901. The van der Waals surface area contributed by atoms with Gasteiger partial charge in [0, 0.05) is 74.0 Å². The van der Waals surface area contributed by atoms with E-state index in [1.165, 1.54) is 0 Å². The van der Waals surface area contributed by atoms with Crippen molar-refractivity contribution in [3.05, 3.63) is 51.5 Å². The van der Waals surface area contributed by atoms with E-state index in [4.69, 9.17) is 10.1 Å². The number of aryl methyl sites for hydroxylation is 1. The SMILES string of the molecule is CNC(CN(I)I)OC(=N)c1cccc(C(=O)N(Cc2nc(C)cs2)C2CCCC2)c1. The first-order valence-corrected chi connectivity index (χ1v) is 13.0. The summed E-state index contributed by atoms with van der Waals surface area (Å²) in [6.07, 6.45) is 4.05. The van der Waals surface area contributed by atoms with Crippen molar-refractivity contribution < 1.29 is 9.53 Å². The number of carbonyl (C=O) groups excluding carboxylic acids is 1. The van der Waals surface area contributed by atoms with E-state index in [9.17, 15) is 4.79 Å². The molecule has 0 saturated heterocycles. The lowest BCUT2D eigenvalue weighted by atomic mass is 10.1. The highest BCUT2D eigenvalue weighted by Crippen LogP contribution is 2.27. The topological polar surface area (TPSA) is 81.5 Å². The Morgan fingerprint density at radius 2 is 2.06 bits per heavy atom. The molecule has 0 bridgehead atoms. The number of halogens is 2. The molecule has 168 valence electrons. The fourth-order valence-electron chi connectivity index (χ4n) is 3.69. The summed E-state index contributed by atoms with van der Waals surface area (Å²) in [5.41, 5.74) is 2.16. The standard InChI is InChI=1S/C21H27I2N5O2S/c1-14-13-31-19(26-14)12-27(17-8-3-4-9-17)21(29)16-7-5-6-15(10-16)20(24)30-18(25-2)11-28(22)23/h5-7,10,13,17-18,24-25H,3-4,8-9,11-12H2,1-2H3. The number of hydrogen-bond acceptors (Lipinski definition) is 7. The number of benzene rings is 1. The molecular weight excluding hydrogens is 640 g/mol. The van der Waals surface area contributed by atoms with Gasteiger partial charge >= 0.3 is 0 Å². The molecule has 1 aliphatic rings. The number of amides is 1. The van der Waals surface area contributed by atoms with E-state index in [1.54, 1.807) is 24.5 Å². The Morgan fingerprint density at radius 3 is 2.68 bits per heavy atom. The zero-order chi connectivity index (χ0) is 22.4. The molecule has 1 aliphatic carbocycles. The number of ether oxygens (including phenoxy) is 1. The molecule has 2 aromatic rings. The normalized spacial score (nSPS) is 15.3. The van der Waals surface area contributed by atoms with Gasteiger partial charge in [0.2, 0.25) is 5.90 Å². The average Bonchev–Trinajstić information content (AvgIpc) is 3.42. The third kappa shape index (κ3) is 7.07. The second-order valence-electron chi connectivity index (χ2n) is 7.54. The van der Waals surface area contributed by atoms with Crippen LogP contribution in [0.4, 0.5) is 0 Å². The number of rotatable bonds is 9. The van der Waals surface area contributed by atoms with Crippen molar-refractivity contribution in [2.24, 2.45) is 0 Å². The molecule has 3 rings (SSSR count). The monoisotopic (exact) mass is 667 g/mol. The van der Waals surface area contributed by atoms with Crippen LogP contribution in [0.2, 0.25) is 0 Å². The van der Waals surface area contributed by atoms with Crippen LogP contribution in [0.15, 0.2) is 29.6 Å². The van der Waals surface area contributed by atoms with Gasteiger partial charge in [-0.2, -0.15) is 1.33 Å². The van der Waals surface area contributed by atoms with Gasteiger partial charge in [-0.3, -0.25) is 15.5 Å². The lowest BCUT2D eigenvalue weighted by molar-refractivity contribution is 0.0664. The zero-order valence-electron chi connectivity index (χ0n) is 17.6. The van der Waals surface area contributed by atoms with E-state index < -0.39 is 0 Å². The predicted octanol–water partition coefficient (Wildman–Crippen LogP) is 4.93. The lowest BCUT2D eigenvalue weighted by Gasteiger charge is -2.28. The number of nitrogens with one attached hydrogen (secondary N) is 2. The van der Waals surface area contributed by atoms with E-state index in [-0.39, 0.29) is 24.1 Å². The van der Waals surface area contributed by atoms with Gasteiger partial charge in [0.05, 0.1) is 13.1 Å². The van der Waals surface area contributed by atoms with E-state index in [0.29, 0.717) is 24.2 Å². The van der Waals surface area contributed by atoms with E-state index in [2.05, 4.69) is 56.0 Å².